The number of aliphatic hydroxyl groups is 5. The van der Waals surface area contributed by atoms with Crippen LogP contribution in [0.1, 0.15) is 118 Å². The number of carbonyl (C=O) groups excluding carboxylic acids is 16. The normalized spacial score (nSPS) is 12.1. The molecule has 0 atom stereocenters. The highest BCUT2D eigenvalue weighted by Gasteiger charge is 2.25. The van der Waals surface area contributed by atoms with Crippen LogP contribution in [-0.2, 0) is 119 Å². The fourth-order valence-electron chi connectivity index (χ4n) is 7.18. The van der Waals surface area contributed by atoms with Gasteiger partial charge in [-0.05, 0) is 72.6 Å². The Bertz CT molecular complexity index is 2280. The maximum absolute atomic E-state index is 11.6. The highest BCUT2D eigenvalue weighted by atomic mass is 16.5. The average molecular weight is 1460 g/mol. The van der Waals surface area contributed by atoms with Crippen molar-refractivity contribution < 1.29 is 145 Å². The number of nitrogens with zero attached hydrogens (tertiary/aromatic N) is 2. The van der Waals surface area contributed by atoms with Crippen molar-refractivity contribution in [2.75, 3.05) is 187 Å². The topological polar surface area (TPSA) is 524 Å². The highest BCUT2D eigenvalue weighted by Crippen LogP contribution is 2.12. The summed E-state index contributed by atoms with van der Waals surface area (Å²) in [7, 11) is 7.29. The predicted octanol–water partition coefficient (Wildman–Crippen LogP) is -4.25. The summed E-state index contributed by atoms with van der Waals surface area (Å²) in [4.78, 5) is 180. The van der Waals surface area contributed by atoms with E-state index in [0.29, 0.717) is 124 Å². The molecule has 0 aromatic rings. The van der Waals surface area contributed by atoms with E-state index < -0.39 is 48.2 Å². The summed E-state index contributed by atoms with van der Waals surface area (Å²) in [6.07, 6.45) is 1.63. The first-order valence-electron chi connectivity index (χ1n) is 32.8. The first-order chi connectivity index (χ1) is 48.1. The van der Waals surface area contributed by atoms with Crippen molar-refractivity contribution in [1.29, 1.82) is 0 Å². The fraction of sp³-hybridized carbons (Fsp3) is 0.750. The molecule has 10 N–H and O–H groups in total. The number of likely N-dealkylation sites (tertiary alicyclic amines) is 2. The van der Waals surface area contributed by atoms with Gasteiger partial charge in [0.25, 0.3) is 0 Å². The van der Waals surface area contributed by atoms with Gasteiger partial charge in [-0.2, -0.15) is 0 Å². The number of rotatable bonds is 45. The molecule has 2 aliphatic rings. The molecule has 37 heteroatoms. The van der Waals surface area contributed by atoms with Gasteiger partial charge < -0.3 is 105 Å². The third kappa shape index (κ3) is 69.3. The minimum Gasteiger partial charge on any atom is -0.460 e. The molecule has 584 valence electrons. The molecule has 2 fully saturated rings. The quantitative estimate of drug-likeness (QED) is 0.0119. The molecule has 0 unspecified atom stereocenters. The number of esters is 2. The van der Waals surface area contributed by atoms with Gasteiger partial charge in [-0.25, -0.2) is 9.59 Å². The molecule has 0 aliphatic carbocycles. The van der Waals surface area contributed by atoms with Crippen LogP contribution in [0.25, 0.3) is 0 Å². The number of piperidine rings is 2. The van der Waals surface area contributed by atoms with Crippen LogP contribution in [0.5, 0.6) is 0 Å². The monoisotopic (exact) mass is 1460 g/mol. The second-order valence-corrected chi connectivity index (χ2v) is 21.0. The van der Waals surface area contributed by atoms with Crippen LogP contribution in [-0.4, -0.2) is 328 Å². The van der Waals surface area contributed by atoms with Gasteiger partial charge in [-0.15, -0.1) is 0 Å². The van der Waals surface area contributed by atoms with Crippen LogP contribution in [0.2, 0.25) is 0 Å². The van der Waals surface area contributed by atoms with Crippen molar-refractivity contribution >= 4 is 93.8 Å². The molecule has 0 saturated carbocycles. The third-order valence-corrected chi connectivity index (χ3v) is 12.1. The fourth-order valence-corrected chi connectivity index (χ4v) is 7.18. The maximum Gasteiger partial charge on any atom is 0.375 e. The SMILES string of the molecule is CCOC(=O)C(=O)CC(=O)NCCCO.CCOC(=O)C(=O)CC(=O)NCCOC.CCOCC(=O)CC(=O)N1CCC(O)CC1.CCOCC(=O)CC(=O)NCCCO.COCC(=O)CC(=O)N1CCC(O)CC1.COCC(=O)CC(=O)NCCCO.COCCNC(=O)CC(=O)COC. The standard InChI is InChI=1S/C11H19NO4.C10H17NO4.2C9H15NO5.C9H17NO4.2C8H15NO4/c1-2-16-8-10(14)7-11(15)12-5-3-9(13)4-6-12;1-15-7-9(13)6-10(14)11-4-2-8(12)3-5-11;1-3-15-9(13)7(11)6-8(12)10-4-5-14-2;1-2-15-9(14)7(12)6-8(13)10-4-3-5-11;1-2-14-7-8(12)6-9(13)10-4-3-5-11;1-12-4-3-9-8(11)5-7(10)6-13-2;1-13-6-7(11)5-8(12)9-3-2-4-10/h9,13H,2-8H2,1H3;8,12H,2-7H2,1H3;3-6H2,1-2H3,(H,10,12);11H,2-6H2,1H3,(H,10,13);11H,2-7H2,1H3,(H,10,13);3-6H2,1-2H3,(H,9,11);10H,2-6H2,1H3,(H,9,12). The van der Waals surface area contributed by atoms with Gasteiger partial charge in [0.2, 0.25) is 52.9 Å². The molecular formula is C64H113N7O30. The summed E-state index contributed by atoms with van der Waals surface area (Å²) in [5.74, 6) is -7.05. The van der Waals surface area contributed by atoms with E-state index in [1.54, 1.807) is 44.6 Å². The van der Waals surface area contributed by atoms with Gasteiger partial charge in [0.15, 0.2) is 28.9 Å². The van der Waals surface area contributed by atoms with Crippen LogP contribution >= 0.6 is 0 Å². The Kier molecular flexibility index (Phi) is 73.0. The highest BCUT2D eigenvalue weighted by molar-refractivity contribution is 6.37. The maximum atomic E-state index is 11.6. The number of amides is 7. The van der Waals surface area contributed by atoms with E-state index in [2.05, 4.69) is 50.3 Å². The Balaban J connectivity index is -0.000000355. The van der Waals surface area contributed by atoms with Gasteiger partial charge in [0.05, 0.1) is 83.6 Å². The smallest absolute Gasteiger partial charge is 0.375 e. The lowest BCUT2D eigenvalue weighted by Crippen LogP contribution is -2.41. The molecule has 0 bridgehead atoms. The third-order valence-electron chi connectivity index (χ3n) is 12.1. The molecule has 101 heavy (non-hydrogen) atoms. The van der Waals surface area contributed by atoms with E-state index in [4.69, 9.17) is 34.3 Å². The van der Waals surface area contributed by atoms with E-state index in [1.165, 1.54) is 28.4 Å². The summed E-state index contributed by atoms with van der Waals surface area (Å²) in [6, 6.07) is 0. The Morgan fingerprint density at radius 1 is 0.347 bits per heavy atom. The summed E-state index contributed by atoms with van der Waals surface area (Å²) >= 11 is 0. The lowest BCUT2D eigenvalue weighted by atomic mass is 10.1. The zero-order chi connectivity index (χ0) is 77.6. The van der Waals surface area contributed by atoms with Crippen molar-refractivity contribution in [3.8, 4) is 0 Å². The van der Waals surface area contributed by atoms with Gasteiger partial charge in [-0.3, -0.25) is 67.1 Å². The van der Waals surface area contributed by atoms with Crippen LogP contribution < -0.4 is 26.6 Å². The van der Waals surface area contributed by atoms with E-state index in [9.17, 15) is 86.9 Å². The lowest BCUT2D eigenvalue weighted by molar-refractivity contribution is -0.154. The van der Waals surface area contributed by atoms with Crippen LogP contribution in [0, 0.1) is 0 Å². The second-order valence-electron chi connectivity index (χ2n) is 21.0. The lowest BCUT2D eigenvalue weighted by Gasteiger charge is -2.29. The molecule has 2 rings (SSSR count). The van der Waals surface area contributed by atoms with Crippen molar-refractivity contribution in [2.45, 2.75) is 130 Å². The minimum atomic E-state index is -0.991. The zero-order valence-corrected chi connectivity index (χ0v) is 60.2. The molecule has 2 aliphatic heterocycles. The zero-order valence-electron chi connectivity index (χ0n) is 60.2. The molecule has 0 aromatic carbocycles. The summed E-state index contributed by atoms with van der Waals surface area (Å²) in [5, 5.41) is 56.2. The number of hydrogen-bond acceptors (Lipinski definition) is 30. The number of hydrogen-bond donors (Lipinski definition) is 10. The van der Waals surface area contributed by atoms with Gasteiger partial charge in [0.1, 0.15) is 33.0 Å². The first kappa shape index (κ1) is 102. The second kappa shape index (κ2) is 72.2. The molecule has 0 aromatic heterocycles. The van der Waals surface area contributed by atoms with E-state index in [0.717, 1.165) is 0 Å². The molecule has 7 amide bonds. The number of methoxy groups -OCH3 is 5. The Hall–Kier alpha value is -7.56. The minimum absolute atomic E-state index is 0.0100. The van der Waals surface area contributed by atoms with Crippen LogP contribution in [0.15, 0.2) is 0 Å². The van der Waals surface area contributed by atoms with Gasteiger partial charge in [-0.1, -0.05) is 0 Å². The molecule has 2 saturated heterocycles. The Labute approximate surface area is 590 Å². The summed E-state index contributed by atoms with van der Waals surface area (Å²) < 4.78 is 41.8. The van der Waals surface area contributed by atoms with E-state index in [1.807, 2.05) is 0 Å². The predicted molar refractivity (Wildman–Crippen MR) is 357 cm³/mol. The number of ether oxygens (including phenoxy) is 9. The van der Waals surface area contributed by atoms with Gasteiger partial charge >= 0.3 is 11.9 Å². The molecule has 0 radical (unpaired) electrons. The van der Waals surface area contributed by atoms with Crippen molar-refractivity contribution in [3.05, 3.63) is 0 Å². The average Bonchev–Trinajstić information content (AvgIpc) is 0.910. The number of Topliss-reactive ketones (excluding diaryl/α,β-unsaturated/α-hetero) is 7. The number of nitrogens with one attached hydrogen (secondary N) is 5. The number of aliphatic hydroxyl groups excluding tert-OH is 5. The van der Waals surface area contributed by atoms with Crippen molar-refractivity contribution in [1.82, 2.24) is 36.4 Å². The van der Waals surface area contributed by atoms with Gasteiger partial charge in [0, 0.05) is 127 Å². The number of carbonyl (C=O) groups is 16. The first-order valence-corrected chi connectivity index (χ1v) is 32.8. The van der Waals surface area contributed by atoms with E-state index in [-0.39, 0.29) is 175 Å². The van der Waals surface area contributed by atoms with Crippen LogP contribution in [0.4, 0.5) is 0 Å². The summed E-state index contributed by atoms with van der Waals surface area (Å²) in [6.45, 7) is 12.7. The van der Waals surface area contributed by atoms with Crippen LogP contribution in [0.3, 0.4) is 0 Å². The van der Waals surface area contributed by atoms with Crippen molar-refractivity contribution in [3.63, 3.8) is 0 Å². The molecule has 37 nitrogen and oxygen atoms in total. The molecular weight excluding hydrogens is 1350 g/mol. The molecule has 0 spiro atoms. The molecule has 2 heterocycles. The van der Waals surface area contributed by atoms with E-state index >= 15 is 0 Å². The largest absolute Gasteiger partial charge is 0.460 e. The summed E-state index contributed by atoms with van der Waals surface area (Å²) in [5.41, 5.74) is 0. The number of ketones is 7. The van der Waals surface area contributed by atoms with Crippen molar-refractivity contribution in [2.24, 2.45) is 0 Å². The Morgan fingerprint density at radius 2 is 0.604 bits per heavy atom. The Morgan fingerprint density at radius 3 is 0.861 bits per heavy atom.